The van der Waals surface area contributed by atoms with Crippen LogP contribution in [0.1, 0.15) is 69.2 Å². The number of amides is 1. The van der Waals surface area contributed by atoms with Crippen molar-refractivity contribution in [3.8, 4) is 0 Å². The van der Waals surface area contributed by atoms with E-state index in [0.29, 0.717) is 18.3 Å². The van der Waals surface area contributed by atoms with Gasteiger partial charge in [-0.3, -0.25) is 9.48 Å². The average Bonchev–Trinajstić information content (AvgIpc) is 3.47. The lowest BCUT2D eigenvalue weighted by Crippen LogP contribution is -2.46. The van der Waals surface area contributed by atoms with Crippen molar-refractivity contribution in [3.63, 3.8) is 0 Å². The summed E-state index contributed by atoms with van der Waals surface area (Å²) in [5, 5.41) is 13.2. The number of piperidine rings is 1. The summed E-state index contributed by atoms with van der Waals surface area (Å²) in [4.78, 5) is 17.9. The Morgan fingerprint density at radius 3 is 2.67 bits per heavy atom. The number of nitrogens with zero attached hydrogens (tertiary/aromatic N) is 7. The minimum Gasteiger partial charge on any atom is -0.336 e. The Labute approximate surface area is 179 Å². The van der Waals surface area contributed by atoms with Gasteiger partial charge in [-0.25, -0.2) is 0 Å². The van der Waals surface area contributed by atoms with Crippen LogP contribution in [0.2, 0.25) is 0 Å². The molecule has 1 spiro atoms. The molecule has 30 heavy (non-hydrogen) atoms. The minimum absolute atomic E-state index is 0.0388. The molecule has 8 nitrogen and oxygen atoms in total. The van der Waals surface area contributed by atoms with Crippen molar-refractivity contribution in [2.24, 2.45) is 5.41 Å². The zero-order valence-corrected chi connectivity index (χ0v) is 18.8. The van der Waals surface area contributed by atoms with Crippen molar-refractivity contribution in [2.45, 2.75) is 72.0 Å². The normalized spacial score (nSPS) is 21.8. The van der Waals surface area contributed by atoms with Crippen LogP contribution in [-0.2, 0) is 13.1 Å². The number of rotatable bonds is 6. The Kier molecular flexibility index (Phi) is 5.95. The van der Waals surface area contributed by atoms with Gasteiger partial charge in [-0.2, -0.15) is 5.10 Å². The van der Waals surface area contributed by atoms with E-state index in [2.05, 4.69) is 45.5 Å². The summed E-state index contributed by atoms with van der Waals surface area (Å²) in [5.74, 6) is 1.30. The fraction of sp³-hybridized carbons (Fsp3) is 0.727. The maximum Gasteiger partial charge on any atom is 0.274 e. The van der Waals surface area contributed by atoms with Gasteiger partial charge in [0.1, 0.15) is 17.8 Å². The molecule has 2 aliphatic rings. The third-order valence-electron chi connectivity index (χ3n) is 7.06. The van der Waals surface area contributed by atoms with E-state index in [1.165, 1.54) is 0 Å². The van der Waals surface area contributed by atoms with E-state index in [1.54, 1.807) is 0 Å². The monoisotopic (exact) mass is 413 g/mol. The second-order valence-corrected chi connectivity index (χ2v) is 9.17. The summed E-state index contributed by atoms with van der Waals surface area (Å²) in [7, 11) is 0. The summed E-state index contributed by atoms with van der Waals surface area (Å²) in [6, 6.07) is 2.40. The van der Waals surface area contributed by atoms with Crippen LogP contribution in [0.15, 0.2) is 18.6 Å². The van der Waals surface area contributed by atoms with Crippen LogP contribution < -0.4 is 0 Å². The van der Waals surface area contributed by atoms with E-state index < -0.39 is 0 Å². The summed E-state index contributed by atoms with van der Waals surface area (Å²) >= 11 is 0. The first-order valence-corrected chi connectivity index (χ1v) is 11.4. The predicted molar refractivity (Wildman–Crippen MR) is 115 cm³/mol. The zero-order valence-electron chi connectivity index (χ0n) is 18.8. The third-order valence-corrected chi connectivity index (χ3v) is 7.06. The molecule has 1 amide bonds. The molecule has 2 aromatic heterocycles. The number of likely N-dealkylation sites (tertiary alicyclic amines) is 2. The molecule has 0 saturated carbocycles. The first kappa shape index (κ1) is 21.0. The molecule has 4 rings (SSSR count). The van der Waals surface area contributed by atoms with Crippen LogP contribution in [-0.4, -0.2) is 72.5 Å². The molecular weight excluding hydrogens is 378 g/mol. The largest absolute Gasteiger partial charge is 0.336 e. The molecule has 2 aliphatic heterocycles. The van der Waals surface area contributed by atoms with Crippen molar-refractivity contribution in [2.75, 3.05) is 26.2 Å². The molecule has 1 unspecified atom stereocenters. The molecule has 0 bridgehead atoms. The van der Waals surface area contributed by atoms with Gasteiger partial charge in [0.25, 0.3) is 5.91 Å². The number of carbonyl (C=O) groups is 1. The van der Waals surface area contributed by atoms with Gasteiger partial charge >= 0.3 is 0 Å². The minimum atomic E-state index is 0.0388. The Morgan fingerprint density at radius 2 is 2.03 bits per heavy atom. The Hall–Kier alpha value is -2.22. The number of aromatic nitrogens is 5. The van der Waals surface area contributed by atoms with Crippen LogP contribution >= 0.6 is 0 Å². The Bertz CT molecular complexity index is 862. The standard InChI is InChI=1S/C22H35N7O/c1-5-10-27-16-23-24-20(27)18-14-28(21(30)19-7-11-29(6-2)25-19)15-22(18)8-12-26(13-9-22)17(3)4/h7,11,16-18H,5-6,8-10,12-15H2,1-4H3. The molecular formula is C22H35N7O. The molecule has 0 aromatic carbocycles. The summed E-state index contributed by atoms with van der Waals surface area (Å²) in [5.41, 5.74) is 0.606. The highest BCUT2D eigenvalue weighted by Crippen LogP contribution is 2.49. The summed E-state index contributed by atoms with van der Waals surface area (Å²) in [6.07, 6.45) is 6.95. The van der Waals surface area contributed by atoms with E-state index in [4.69, 9.17) is 0 Å². The molecule has 8 heteroatoms. The van der Waals surface area contributed by atoms with Gasteiger partial charge in [0, 0.05) is 49.8 Å². The van der Waals surface area contributed by atoms with Crippen molar-refractivity contribution in [1.29, 1.82) is 0 Å². The summed E-state index contributed by atoms with van der Waals surface area (Å²) < 4.78 is 4.01. The van der Waals surface area contributed by atoms with Crippen LogP contribution in [0.3, 0.4) is 0 Å². The lowest BCUT2D eigenvalue weighted by atomic mass is 9.70. The van der Waals surface area contributed by atoms with Crippen molar-refractivity contribution >= 4 is 5.91 Å². The molecule has 4 heterocycles. The zero-order chi connectivity index (χ0) is 21.3. The Morgan fingerprint density at radius 1 is 1.27 bits per heavy atom. The van der Waals surface area contributed by atoms with Crippen LogP contribution in [0.5, 0.6) is 0 Å². The maximum absolute atomic E-state index is 13.3. The second-order valence-electron chi connectivity index (χ2n) is 9.17. The number of hydrogen-bond acceptors (Lipinski definition) is 5. The molecule has 0 aliphatic carbocycles. The molecule has 1 atom stereocenters. The lowest BCUT2D eigenvalue weighted by Gasteiger charge is -2.43. The molecule has 164 valence electrons. The first-order chi connectivity index (χ1) is 14.5. The quantitative estimate of drug-likeness (QED) is 0.728. The van der Waals surface area contributed by atoms with Crippen molar-refractivity contribution < 1.29 is 4.79 Å². The SMILES string of the molecule is CCCn1cnnc1C1CN(C(=O)c2ccn(CC)n2)CC12CCN(C(C)C)CC2. The molecule has 2 saturated heterocycles. The second kappa shape index (κ2) is 8.49. The highest BCUT2D eigenvalue weighted by molar-refractivity contribution is 5.92. The molecule has 0 radical (unpaired) electrons. The smallest absolute Gasteiger partial charge is 0.274 e. The van der Waals surface area contributed by atoms with Gasteiger partial charge in [0.05, 0.1) is 0 Å². The van der Waals surface area contributed by atoms with Crippen molar-refractivity contribution in [1.82, 2.24) is 34.3 Å². The van der Waals surface area contributed by atoms with Gasteiger partial charge in [-0.15, -0.1) is 10.2 Å². The number of hydrogen-bond donors (Lipinski definition) is 0. The van der Waals surface area contributed by atoms with Gasteiger partial charge in [0.2, 0.25) is 0 Å². The first-order valence-electron chi connectivity index (χ1n) is 11.4. The van der Waals surface area contributed by atoms with Crippen molar-refractivity contribution in [3.05, 3.63) is 30.1 Å². The fourth-order valence-corrected chi connectivity index (χ4v) is 5.23. The average molecular weight is 414 g/mol. The van der Waals surface area contributed by atoms with E-state index in [9.17, 15) is 4.79 Å². The van der Waals surface area contributed by atoms with Gasteiger partial charge in [-0.05, 0) is 59.2 Å². The topological polar surface area (TPSA) is 72.1 Å². The van der Waals surface area contributed by atoms with Gasteiger partial charge in [0.15, 0.2) is 0 Å². The number of carbonyl (C=O) groups excluding carboxylic acids is 1. The lowest BCUT2D eigenvalue weighted by molar-refractivity contribution is 0.0641. The van der Waals surface area contributed by atoms with Gasteiger partial charge in [-0.1, -0.05) is 6.92 Å². The van der Waals surface area contributed by atoms with E-state index in [-0.39, 0.29) is 17.2 Å². The molecule has 2 fully saturated rings. The Balaban J connectivity index is 1.62. The van der Waals surface area contributed by atoms with Crippen LogP contribution in [0, 0.1) is 5.41 Å². The van der Waals surface area contributed by atoms with Crippen LogP contribution in [0.4, 0.5) is 0 Å². The highest BCUT2D eigenvalue weighted by Gasteiger charge is 2.52. The van der Waals surface area contributed by atoms with E-state index in [0.717, 1.165) is 57.8 Å². The highest BCUT2D eigenvalue weighted by atomic mass is 16.2. The number of aryl methyl sites for hydroxylation is 2. The third kappa shape index (κ3) is 3.77. The predicted octanol–water partition coefficient (Wildman–Crippen LogP) is 2.63. The summed E-state index contributed by atoms with van der Waals surface area (Å²) in [6.45, 7) is 14.0. The maximum atomic E-state index is 13.3. The van der Waals surface area contributed by atoms with E-state index >= 15 is 0 Å². The fourth-order valence-electron chi connectivity index (χ4n) is 5.23. The van der Waals surface area contributed by atoms with Crippen LogP contribution in [0.25, 0.3) is 0 Å². The van der Waals surface area contributed by atoms with E-state index in [1.807, 2.05) is 35.1 Å². The molecule has 0 N–H and O–H groups in total. The van der Waals surface area contributed by atoms with Gasteiger partial charge < -0.3 is 14.4 Å². The molecule has 2 aromatic rings.